The number of Topliss-reactive ketones (excluding diaryl/α,β-unsaturated/α-hetero) is 1. The average molecular weight is 208 g/mol. The zero-order chi connectivity index (χ0) is 10.3. The fraction of sp³-hybridized carbons (Fsp3) is 0.500. The lowest BCUT2D eigenvalue weighted by Gasteiger charge is -2.29. The Hall–Kier alpha value is -1.03. The molecule has 0 saturated heterocycles. The van der Waals surface area contributed by atoms with Gasteiger partial charge in [-0.1, -0.05) is 13.8 Å². The van der Waals surface area contributed by atoms with Crippen LogP contribution in [0.15, 0.2) is 6.20 Å². The Morgan fingerprint density at radius 3 is 2.93 bits per heavy atom. The summed E-state index contributed by atoms with van der Waals surface area (Å²) in [6.45, 7) is 4.19. The molecule has 1 aliphatic rings. The van der Waals surface area contributed by atoms with Crippen LogP contribution in [0.3, 0.4) is 0 Å². The molecule has 74 valence electrons. The smallest absolute Gasteiger partial charge is 0.197 e. The molecule has 0 unspecified atom stereocenters. The van der Waals surface area contributed by atoms with Crippen molar-refractivity contribution in [3.05, 3.63) is 22.2 Å². The number of aromatic amines is 1. The highest BCUT2D eigenvalue weighted by atomic mass is 32.1. The van der Waals surface area contributed by atoms with Crippen LogP contribution in [0.2, 0.25) is 0 Å². The fourth-order valence-corrected chi connectivity index (χ4v) is 2.06. The van der Waals surface area contributed by atoms with Crippen LogP contribution < -0.4 is 0 Å². The second-order valence-electron chi connectivity index (χ2n) is 4.53. The Balaban J connectivity index is 2.56. The standard InChI is InChI=1S/C10H12N2OS/c1-10(2)3-6-5-11-9(14)12-8(6)7(13)4-10/h5H,3-4H2,1-2H3,(H,11,12,14). The Morgan fingerprint density at radius 2 is 2.21 bits per heavy atom. The summed E-state index contributed by atoms with van der Waals surface area (Å²) in [6, 6.07) is 0. The minimum atomic E-state index is 0.0442. The first kappa shape index (κ1) is 9.52. The normalized spacial score (nSPS) is 19.1. The number of hydrogen-bond acceptors (Lipinski definition) is 3. The van der Waals surface area contributed by atoms with E-state index < -0.39 is 0 Å². The van der Waals surface area contributed by atoms with Gasteiger partial charge in [0.2, 0.25) is 0 Å². The summed E-state index contributed by atoms with van der Waals surface area (Å²) in [5.74, 6) is 0.143. The molecule has 0 aromatic carbocycles. The second kappa shape index (κ2) is 2.98. The number of aromatic nitrogens is 2. The van der Waals surface area contributed by atoms with E-state index in [1.54, 1.807) is 6.20 Å². The van der Waals surface area contributed by atoms with E-state index >= 15 is 0 Å². The molecule has 14 heavy (non-hydrogen) atoms. The maximum atomic E-state index is 11.7. The minimum Gasteiger partial charge on any atom is -0.328 e. The van der Waals surface area contributed by atoms with Crippen molar-refractivity contribution in [1.82, 2.24) is 9.97 Å². The van der Waals surface area contributed by atoms with Crippen molar-refractivity contribution in [2.45, 2.75) is 26.7 Å². The van der Waals surface area contributed by atoms with Crippen LogP contribution >= 0.6 is 12.2 Å². The third kappa shape index (κ3) is 1.62. The van der Waals surface area contributed by atoms with E-state index in [-0.39, 0.29) is 11.2 Å². The predicted molar refractivity (Wildman–Crippen MR) is 55.9 cm³/mol. The first-order valence-corrected chi connectivity index (χ1v) is 5.00. The molecule has 0 spiro atoms. The molecule has 0 atom stereocenters. The molecule has 0 saturated carbocycles. The molecular formula is C10H12N2OS. The van der Waals surface area contributed by atoms with Gasteiger partial charge in [-0.3, -0.25) is 4.79 Å². The van der Waals surface area contributed by atoms with Gasteiger partial charge in [-0.2, -0.15) is 0 Å². The first-order valence-electron chi connectivity index (χ1n) is 4.59. The van der Waals surface area contributed by atoms with Crippen LogP contribution in [-0.4, -0.2) is 15.8 Å². The number of hydrogen-bond donors (Lipinski definition) is 1. The molecule has 3 nitrogen and oxygen atoms in total. The fourth-order valence-electron chi connectivity index (χ4n) is 1.90. The Labute approximate surface area is 87.6 Å². The summed E-state index contributed by atoms with van der Waals surface area (Å²) >= 11 is 4.89. The Morgan fingerprint density at radius 1 is 1.50 bits per heavy atom. The van der Waals surface area contributed by atoms with Crippen molar-refractivity contribution in [1.29, 1.82) is 0 Å². The van der Waals surface area contributed by atoms with Crippen molar-refractivity contribution in [3.63, 3.8) is 0 Å². The van der Waals surface area contributed by atoms with E-state index in [4.69, 9.17) is 12.2 Å². The van der Waals surface area contributed by atoms with Gasteiger partial charge in [-0.25, -0.2) is 4.98 Å². The number of ketones is 1. The number of rotatable bonds is 0. The maximum absolute atomic E-state index is 11.7. The zero-order valence-electron chi connectivity index (χ0n) is 8.26. The average Bonchev–Trinajstić information content (AvgIpc) is 2.05. The summed E-state index contributed by atoms with van der Waals surface area (Å²) in [4.78, 5) is 18.6. The molecule has 1 aromatic heterocycles. The molecule has 1 heterocycles. The number of carbonyl (C=O) groups is 1. The van der Waals surface area contributed by atoms with Gasteiger partial charge in [-0.05, 0) is 29.6 Å². The van der Waals surface area contributed by atoms with Crippen molar-refractivity contribution in [3.8, 4) is 0 Å². The third-order valence-corrected chi connectivity index (χ3v) is 2.69. The molecule has 1 aromatic rings. The van der Waals surface area contributed by atoms with Gasteiger partial charge in [0, 0.05) is 12.6 Å². The number of nitrogens with zero attached hydrogens (tertiary/aromatic N) is 1. The van der Waals surface area contributed by atoms with Gasteiger partial charge in [0.25, 0.3) is 0 Å². The first-order chi connectivity index (χ1) is 6.48. The predicted octanol–water partition coefficient (Wildman–Crippen LogP) is 2.29. The lowest BCUT2D eigenvalue weighted by molar-refractivity contribution is 0.0905. The number of fused-ring (bicyclic) bond motifs is 1. The summed E-state index contributed by atoms with van der Waals surface area (Å²) in [5.41, 5.74) is 1.69. The number of carbonyl (C=O) groups excluding carboxylic acids is 1. The van der Waals surface area contributed by atoms with Gasteiger partial charge in [0.05, 0.1) is 5.69 Å². The molecule has 0 radical (unpaired) electrons. The van der Waals surface area contributed by atoms with Crippen LogP contribution in [0, 0.1) is 10.2 Å². The molecule has 0 amide bonds. The van der Waals surface area contributed by atoms with Gasteiger partial charge in [0.15, 0.2) is 10.6 Å². The van der Waals surface area contributed by atoms with Crippen molar-refractivity contribution >= 4 is 18.0 Å². The van der Waals surface area contributed by atoms with Crippen LogP contribution in [0.4, 0.5) is 0 Å². The van der Waals surface area contributed by atoms with E-state index in [0.29, 0.717) is 16.9 Å². The lowest BCUT2D eigenvalue weighted by atomic mass is 9.76. The van der Waals surface area contributed by atoms with Gasteiger partial charge in [0.1, 0.15) is 0 Å². The molecule has 2 rings (SSSR count). The van der Waals surface area contributed by atoms with Gasteiger partial charge < -0.3 is 4.98 Å². The largest absolute Gasteiger partial charge is 0.328 e. The molecule has 1 aliphatic carbocycles. The van der Waals surface area contributed by atoms with Gasteiger partial charge in [-0.15, -0.1) is 0 Å². The van der Waals surface area contributed by atoms with Crippen LogP contribution in [0.5, 0.6) is 0 Å². The summed E-state index contributed by atoms with van der Waals surface area (Å²) in [5, 5.41) is 0. The number of H-pyrrole nitrogens is 1. The summed E-state index contributed by atoms with van der Waals surface area (Å²) < 4.78 is 0.386. The highest BCUT2D eigenvalue weighted by Gasteiger charge is 2.31. The third-order valence-electron chi connectivity index (χ3n) is 2.48. The van der Waals surface area contributed by atoms with Crippen molar-refractivity contribution < 1.29 is 4.79 Å². The quantitative estimate of drug-likeness (QED) is 0.665. The monoisotopic (exact) mass is 208 g/mol. The molecule has 1 N–H and O–H groups in total. The van der Waals surface area contributed by atoms with Crippen molar-refractivity contribution in [2.75, 3.05) is 0 Å². The number of nitrogens with one attached hydrogen (secondary N) is 1. The topological polar surface area (TPSA) is 45.8 Å². The van der Waals surface area contributed by atoms with Crippen molar-refractivity contribution in [2.24, 2.45) is 5.41 Å². The maximum Gasteiger partial charge on any atom is 0.197 e. The van der Waals surface area contributed by atoms with E-state index in [1.165, 1.54) is 0 Å². The zero-order valence-corrected chi connectivity index (χ0v) is 9.07. The molecule has 0 aliphatic heterocycles. The van der Waals surface area contributed by atoms with E-state index in [0.717, 1.165) is 12.0 Å². The van der Waals surface area contributed by atoms with Crippen LogP contribution in [0.25, 0.3) is 0 Å². The highest BCUT2D eigenvalue weighted by Crippen LogP contribution is 2.33. The molecule has 0 bridgehead atoms. The lowest BCUT2D eigenvalue weighted by Crippen LogP contribution is -2.28. The second-order valence-corrected chi connectivity index (χ2v) is 4.92. The highest BCUT2D eigenvalue weighted by molar-refractivity contribution is 7.71. The Bertz CT molecular complexity index is 448. The van der Waals surface area contributed by atoms with E-state index in [2.05, 4.69) is 23.8 Å². The van der Waals surface area contributed by atoms with Gasteiger partial charge >= 0.3 is 0 Å². The molecular weight excluding hydrogens is 196 g/mol. The SMILES string of the molecule is CC1(C)CC(=O)c2[nH]c(=S)ncc2C1. The van der Waals surface area contributed by atoms with E-state index in [9.17, 15) is 4.79 Å². The molecule has 0 fully saturated rings. The molecule has 4 heteroatoms. The summed E-state index contributed by atoms with van der Waals surface area (Å²) in [6.07, 6.45) is 3.18. The summed E-state index contributed by atoms with van der Waals surface area (Å²) in [7, 11) is 0. The minimum absolute atomic E-state index is 0.0442. The Kier molecular flexibility index (Phi) is 2.03. The van der Waals surface area contributed by atoms with Crippen LogP contribution in [-0.2, 0) is 6.42 Å². The van der Waals surface area contributed by atoms with E-state index in [1.807, 2.05) is 0 Å². The van der Waals surface area contributed by atoms with Crippen LogP contribution in [0.1, 0.15) is 36.3 Å².